The van der Waals surface area contributed by atoms with Crippen molar-refractivity contribution in [2.75, 3.05) is 26.2 Å². The maximum Gasteiger partial charge on any atom is 0.410 e. The highest BCUT2D eigenvalue weighted by molar-refractivity contribution is 9.10. The van der Waals surface area contributed by atoms with Gasteiger partial charge in [-0.3, -0.25) is 9.80 Å². The summed E-state index contributed by atoms with van der Waals surface area (Å²) in [6.45, 7) is 11.4. The first-order valence-electron chi connectivity index (χ1n) is 9.86. The Hall–Kier alpha value is -1.27. The van der Waals surface area contributed by atoms with Crippen LogP contribution in [0, 0.1) is 6.92 Å². The fourth-order valence-corrected chi connectivity index (χ4v) is 4.35. The summed E-state index contributed by atoms with van der Waals surface area (Å²) in [5.41, 5.74) is 0.705. The van der Waals surface area contributed by atoms with Gasteiger partial charge in [0.05, 0.1) is 6.61 Å². The van der Waals surface area contributed by atoms with Crippen LogP contribution >= 0.6 is 15.9 Å². The van der Waals surface area contributed by atoms with Gasteiger partial charge in [-0.15, -0.1) is 0 Å². The van der Waals surface area contributed by atoms with Gasteiger partial charge in [-0.25, -0.2) is 4.79 Å². The first-order valence-corrected chi connectivity index (χ1v) is 10.7. The molecule has 150 valence electrons. The van der Waals surface area contributed by atoms with Gasteiger partial charge in [0.25, 0.3) is 0 Å². The largest absolute Gasteiger partial charge is 0.493 e. The number of nitrogens with zero attached hydrogens (tertiary/aromatic N) is 2. The maximum absolute atomic E-state index is 12.5. The second-order valence-corrected chi connectivity index (χ2v) is 9.45. The van der Waals surface area contributed by atoms with Crippen LogP contribution in [0.5, 0.6) is 5.75 Å². The fourth-order valence-electron chi connectivity index (χ4n) is 4.00. The molecule has 2 aliphatic rings. The van der Waals surface area contributed by atoms with Gasteiger partial charge in [-0.1, -0.05) is 22.0 Å². The summed E-state index contributed by atoms with van der Waals surface area (Å²) in [5, 5.41) is 0. The number of fused-ring (bicyclic) bond motifs is 2. The van der Waals surface area contributed by atoms with Crippen molar-refractivity contribution in [3.63, 3.8) is 0 Å². The van der Waals surface area contributed by atoms with Gasteiger partial charge in [0, 0.05) is 41.8 Å². The van der Waals surface area contributed by atoms with Crippen molar-refractivity contribution in [2.24, 2.45) is 0 Å². The minimum atomic E-state index is -0.435. The molecule has 0 radical (unpaired) electrons. The fraction of sp³-hybridized carbons (Fsp3) is 0.667. The second kappa shape index (κ2) is 8.39. The van der Waals surface area contributed by atoms with Crippen molar-refractivity contribution >= 4 is 22.0 Å². The van der Waals surface area contributed by atoms with E-state index in [0.29, 0.717) is 6.61 Å². The lowest BCUT2D eigenvalue weighted by atomic mass is 10.2. The third-order valence-electron chi connectivity index (χ3n) is 5.26. The minimum absolute atomic E-state index is 0.150. The highest BCUT2D eigenvalue weighted by atomic mass is 79.9. The predicted octanol–water partition coefficient (Wildman–Crippen LogP) is 4.61. The maximum atomic E-state index is 12.5. The molecule has 2 aliphatic heterocycles. The Bertz CT molecular complexity index is 660. The molecule has 0 aliphatic carbocycles. The molecule has 1 aromatic rings. The molecule has 5 nitrogen and oxygen atoms in total. The average Bonchev–Trinajstić information content (AvgIpc) is 2.85. The number of rotatable bonds is 5. The molecule has 0 spiro atoms. The molecular weight excluding hydrogens is 408 g/mol. The number of carbonyl (C=O) groups is 1. The van der Waals surface area contributed by atoms with E-state index >= 15 is 0 Å². The van der Waals surface area contributed by atoms with Crippen LogP contribution in [0.1, 0.15) is 45.6 Å². The topological polar surface area (TPSA) is 42.0 Å². The van der Waals surface area contributed by atoms with Gasteiger partial charge >= 0.3 is 6.09 Å². The van der Waals surface area contributed by atoms with Gasteiger partial charge in [-0.2, -0.15) is 0 Å². The highest BCUT2D eigenvalue weighted by Crippen LogP contribution is 2.32. The van der Waals surface area contributed by atoms with Gasteiger partial charge in [0.1, 0.15) is 11.4 Å². The van der Waals surface area contributed by atoms with Crippen molar-refractivity contribution in [3.05, 3.63) is 28.2 Å². The molecule has 1 aromatic carbocycles. The van der Waals surface area contributed by atoms with Crippen molar-refractivity contribution in [3.8, 4) is 5.75 Å². The lowest BCUT2D eigenvalue weighted by Crippen LogP contribution is -2.56. The quantitative estimate of drug-likeness (QED) is 0.629. The Kier molecular flexibility index (Phi) is 6.36. The molecule has 2 fully saturated rings. The molecule has 3 rings (SSSR count). The Morgan fingerprint density at radius 1 is 1.22 bits per heavy atom. The Labute approximate surface area is 171 Å². The number of hydrogen-bond donors (Lipinski definition) is 0. The van der Waals surface area contributed by atoms with Crippen LogP contribution in [-0.2, 0) is 4.74 Å². The smallest absolute Gasteiger partial charge is 0.410 e. The normalized spacial score (nSPS) is 22.8. The first kappa shape index (κ1) is 20.5. The Morgan fingerprint density at radius 2 is 1.89 bits per heavy atom. The monoisotopic (exact) mass is 438 g/mol. The summed E-state index contributed by atoms with van der Waals surface area (Å²) in [6, 6.07) is 6.61. The zero-order valence-electron chi connectivity index (χ0n) is 16.8. The molecule has 1 amide bonds. The van der Waals surface area contributed by atoms with Crippen molar-refractivity contribution < 1.29 is 14.3 Å². The molecule has 2 bridgehead atoms. The number of halogens is 1. The first-order chi connectivity index (χ1) is 12.7. The molecule has 27 heavy (non-hydrogen) atoms. The zero-order chi connectivity index (χ0) is 19.6. The second-order valence-electron chi connectivity index (χ2n) is 8.60. The van der Waals surface area contributed by atoms with Gasteiger partial charge in [0.2, 0.25) is 0 Å². The number of likely N-dealkylation sites (tertiary alicyclic amines) is 1. The lowest BCUT2D eigenvalue weighted by molar-refractivity contribution is -0.00483. The zero-order valence-corrected chi connectivity index (χ0v) is 18.4. The highest BCUT2D eigenvalue weighted by Gasteiger charge is 2.43. The number of ether oxygens (including phenoxy) is 2. The SMILES string of the molecule is Cc1c(Br)cccc1OCCCN1C[C@H]2CC[C@@H](C1)N2C(=O)OC(C)(C)C. The molecule has 6 heteroatoms. The van der Waals surface area contributed by atoms with Crippen molar-refractivity contribution in [1.82, 2.24) is 9.80 Å². The molecule has 0 saturated carbocycles. The van der Waals surface area contributed by atoms with E-state index in [2.05, 4.69) is 27.8 Å². The van der Waals surface area contributed by atoms with Crippen LogP contribution < -0.4 is 4.74 Å². The van der Waals surface area contributed by atoms with E-state index in [-0.39, 0.29) is 18.2 Å². The van der Waals surface area contributed by atoms with Crippen LogP contribution in [0.4, 0.5) is 4.79 Å². The number of piperazine rings is 1. The summed E-state index contributed by atoms with van der Waals surface area (Å²) < 4.78 is 12.6. The predicted molar refractivity (Wildman–Crippen MR) is 110 cm³/mol. The standard InChI is InChI=1S/C21H31BrN2O3/c1-15-18(22)7-5-8-19(15)26-12-6-11-23-13-16-9-10-17(14-23)24(16)20(25)27-21(2,3)4/h5,7-8,16-17H,6,9-14H2,1-4H3/t16-,17+. The molecule has 0 N–H and O–H groups in total. The van der Waals surface area contributed by atoms with Crippen LogP contribution in [-0.4, -0.2) is 59.8 Å². The molecular formula is C21H31BrN2O3. The third kappa shape index (κ3) is 5.17. The van der Waals surface area contributed by atoms with E-state index in [0.717, 1.165) is 54.7 Å². The summed E-state index contributed by atoms with van der Waals surface area (Å²) in [5.74, 6) is 0.944. The van der Waals surface area contributed by atoms with Gasteiger partial charge in [0.15, 0.2) is 0 Å². The molecule has 2 atom stereocenters. The van der Waals surface area contributed by atoms with Crippen LogP contribution in [0.25, 0.3) is 0 Å². The summed E-state index contributed by atoms with van der Waals surface area (Å²) >= 11 is 3.54. The van der Waals surface area contributed by atoms with Gasteiger partial charge < -0.3 is 9.47 Å². The number of benzene rings is 1. The van der Waals surface area contributed by atoms with Crippen LogP contribution in [0.3, 0.4) is 0 Å². The van der Waals surface area contributed by atoms with Crippen molar-refractivity contribution in [1.29, 1.82) is 0 Å². The molecule has 0 aromatic heterocycles. The summed E-state index contributed by atoms with van der Waals surface area (Å²) in [7, 11) is 0. The van der Waals surface area contributed by atoms with Crippen molar-refractivity contribution in [2.45, 2.75) is 64.6 Å². The average molecular weight is 439 g/mol. The molecule has 2 saturated heterocycles. The van der Waals surface area contributed by atoms with E-state index in [4.69, 9.17) is 9.47 Å². The number of amides is 1. The van der Waals surface area contributed by atoms with Crippen LogP contribution in [0.2, 0.25) is 0 Å². The Balaban J connectivity index is 1.45. The summed E-state index contributed by atoms with van der Waals surface area (Å²) in [6.07, 6.45) is 2.99. The van der Waals surface area contributed by atoms with E-state index < -0.39 is 5.60 Å². The van der Waals surface area contributed by atoms with E-state index in [1.165, 1.54) is 0 Å². The van der Waals surface area contributed by atoms with E-state index in [1.54, 1.807) is 0 Å². The third-order valence-corrected chi connectivity index (χ3v) is 6.12. The van der Waals surface area contributed by atoms with Gasteiger partial charge in [-0.05, 0) is 59.1 Å². The van der Waals surface area contributed by atoms with Crippen LogP contribution in [0.15, 0.2) is 22.7 Å². The Morgan fingerprint density at radius 3 is 2.52 bits per heavy atom. The van der Waals surface area contributed by atoms with E-state index in [1.807, 2.05) is 43.9 Å². The summed E-state index contributed by atoms with van der Waals surface area (Å²) in [4.78, 5) is 17.0. The minimum Gasteiger partial charge on any atom is -0.493 e. The van der Waals surface area contributed by atoms with E-state index in [9.17, 15) is 4.79 Å². The number of hydrogen-bond acceptors (Lipinski definition) is 4. The molecule has 2 heterocycles. The number of carbonyl (C=O) groups excluding carboxylic acids is 1. The molecule has 0 unspecified atom stereocenters. The lowest BCUT2D eigenvalue weighted by Gasteiger charge is -2.41.